The summed E-state index contributed by atoms with van der Waals surface area (Å²) in [5.41, 5.74) is 1.08. The van der Waals surface area contributed by atoms with Crippen molar-refractivity contribution in [2.24, 2.45) is 0 Å². The Morgan fingerprint density at radius 2 is 1.92 bits per heavy atom. The van der Waals surface area contributed by atoms with Gasteiger partial charge in [0.05, 0.1) is 5.52 Å². The minimum Gasteiger partial charge on any atom is -0.423 e. The highest BCUT2D eigenvalue weighted by atomic mass is 16.4. The van der Waals surface area contributed by atoms with E-state index in [1.165, 1.54) is 0 Å². The molecule has 1 aromatic carbocycles. The third kappa shape index (κ3) is 1.41. The fourth-order valence-corrected chi connectivity index (χ4v) is 1.34. The second-order valence-electron chi connectivity index (χ2n) is 2.80. The number of nitrogens with zero attached hydrogens (tertiary/aromatic N) is 1. The molecule has 0 spiro atoms. The zero-order valence-electron chi connectivity index (χ0n) is 6.88. The minimum absolute atomic E-state index is 0. The van der Waals surface area contributed by atoms with Crippen LogP contribution in [0.15, 0.2) is 36.5 Å². The van der Waals surface area contributed by atoms with Gasteiger partial charge in [-0.3, -0.25) is 4.98 Å². The van der Waals surface area contributed by atoms with E-state index in [2.05, 4.69) is 4.98 Å². The summed E-state index contributed by atoms with van der Waals surface area (Å²) in [6.45, 7) is 0. The highest BCUT2D eigenvalue weighted by Crippen LogP contribution is 2.07. The standard InChI is InChI=1S/C9H8BNO2.2H2/c12-10(13)8-5-1-3-7-4-2-6-11-9(7)8;;/h1-6,12-13H;2*1H. The first-order valence-electron chi connectivity index (χ1n) is 3.99. The van der Waals surface area contributed by atoms with Crippen molar-refractivity contribution < 1.29 is 12.9 Å². The fraction of sp³-hybridized carbons (Fsp3) is 0. The molecule has 3 nitrogen and oxygen atoms in total. The number of aromatic nitrogens is 1. The molecule has 0 saturated heterocycles. The van der Waals surface area contributed by atoms with Crippen molar-refractivity contribution in [1.82, 2.24) is 4.98 Å². The Morgan fingerprint density at radius 1 is 1.15 bits per heavy atom. The van der Waals surface area contributed by atoms with E-state index < -0.39 is 7.12 Å². The van der Waals surface area contributed by atoms with Crippen molar-refractivity contribution in [3.8, 4) is 0 Å². The van der Waals surface area contributed by atoms with Crippen LogP contribution in [0.4, 0.5) is 0 Å². The van der Waals surface area contributed by atoms with Crippen molar-refractivity contribution in [3.05, 3.63) is 36.5 Å². The van der Waals surface area contributed by atoms with Gasteiger partial charge < -0.3 is 10.0 Å². The predicted molar refractivity (Wildman–Crippen MR) is 55.8 cm³/mol. The second-order valence-corrected chi connectivity index (χ2v) is 2.80. The number of hydrogen-bond donors (Lipinski definition) is 2. The van der Waals surface area contributed by atoms with Crippen molar-refractivity contribution >= 4 is 23.5 Å². The summed E-state index contributed by atoms with van der Waals surface area (Å²) in [4.78, 5) is 4.08. The van der Waals surface area contributed by atoms with Crippen molar-refractivity contribution in [2.45, 2.75) is 0 Å². The van der Waals surface area contributed by atoms with Gasteiger partial charge in [-0.15, -0.1) is 0 Å². The third-order valence-electron chi connectivity index (χ3n) is 1.94. The summed E-state index contributed by atoms with van der Waals surface area (Å²) in [6.07, 6.45) is 1.63. The van der Waals surface area contributed by atoms with Crippen molar-refractivity contribution in [2.75, 3.05) is 0 Å². The number of para-hydroxylation sites is 1. The molecule has 0 saturated carbocycles. The van der Waals surface area contributed by atoms with E-state index in [9.17, 15) is 0 Å². The molecule has 0 aliphatic carbocycles. The highest BCUT2D eigenvalue weighted by molar-refractivity contribution is 6.61. The van der Waals surface area contributed by atoms with Gasteiger partial charge in [0.25, 0.3) is 0 Å². The van der Waals surface area contributed by atoms with Gasteiger partial charge in [-0.2, -0.15) is 0 Å². The van der Waals surface area contributed by atoms with Gasteiger partial charge in [0.1, 0.15) is 0 Å². The smallest absolute Gasteiger partial charge is 0.423 e. The van der Waals surface area contributed by atoms with E-state index in [0.29, 0.717) is 11.0 Å². The molecule has 1 heterocycles. The molecule has 0 unspecified atom stereocenters. The fourth-order valence-electron chi connectivity index (χ4n) is 1.34. The topological polar surface area (TPSA) is 53.4 Å². The van der Waals surface area contributed by atoms with Crippen molar-refractivity contribution in [3.63, 3.8) is 0 Å². The van der Waals surface area contributed by atoms with E-state index in [1.54, 1.807) is 18.3 Å². The van der Waals surface area contributed by atoms with Crippen LogP contribution < -0.4 is 5.46 Å². The molecule has 1 aromatic heterocycles. The zero-order chi connectivity index (χ0) is 9.26. The lowest BCUT2D eigenvalue weighted by Gasteiger charge is -2.02. The molecule has 2 aromatic rings. The van der Waals surface area contributed by atoms with Gasteiger partial charge in [0, 0.05) is 14.5 Å². The maximum absolute atomic E-state index is 9.04. The SMILES string of the molecule is OB(O)c1cccc2cccnc12.[HH].[HH]. The Hall–Kier alpha value is -1.39. The van der Waals surface area contributed by atoms with Gasteiger partial charge in [-0.05, 0) is 11.5 Å². The van der Waals surface area contributed by atoms with Crippen LogP contribution in [0, 0.1) is 0 Å². The average molecular weight is 177 g/mol. The summed E-state index contributed by atoms with van der Waals surface area (Å²) >= 11 is 0. The molecular weight excluding hydrogens is 165 g/mol. The summed E-state index contributed by atoms with van der Waals surface area (Å²) in [6, 6.07) is 9.01. The Labute approximate surface area is 78.8 Å². The van der Waals surface area contributed by atoms with Crippen molar-refractivity contribution in [1.29, 1.82) is 0 Å². The van der Waals surface area contributed by atoms with E-state index in [-0.39, 0.29) is 2.85 Å². The second kappa shape index (κ2) is 3.16. The van der Waals surface area contributed by atoms with Gasteiger partial charge in [0.15, 0.2) is 0 Å². The van der Waals surface area contributed by atoms with Crippen LogP contribution in [-0.4, -0.2) is 22.2 Å². The Balaban J connectivity index is 0.000000980. The van der Waals surface area contributed by atoms with Gasteiger partial charge in [-0.1, -0.05) is 24.3 Å². The quantitative estimate of drug-likeness (QED) is 0.620. The van der Waals surface area contributed by atoms with Crippen LogP contribution in [0.3, 0.4) is 0 Å². The normalized spacial score (nSPS) is 10.3. The van der Waals surface area contributed by atoms with E-state index >= 15 is 0 Å². The summed E-state index contributed by atoms with van der Waals surface area (Å²) < 4.78 is 0. The lowest BCUT2D eigenvalue weighted by molar-refractivity contribution is 0.426. The lowest BCUT2D eigenvalue weighted by atomic mass is 9.79. The molecule has 0 aliphatic heterocycles. The molecule has 0 radical (unpaired) electrons. The molecule has 13 heavy (non-hydrogen) atoms. The Bertz CT molecular complexity index is 434. The molecule has 0 bridgehead atoms. The number of hydrogen-bond acceptors (Lipinski definition) is 3. The highest BCUT2D eigenvalue weighted by Gasteiger charge is 2.14. The number of rotatable bonds is 1. The largest absolute Gasteiger partial charge is 0.490 e. The average Bonchev–Trinajstić information content (AvgIpc) is 2.17. The van der Waals surface area contributed by atoms with Gasteiger partial charge in [0.2, 0.25) is 0 Å². The van der Waals surface area contributed by atoms with Gasteiger partial charge >= 0.3 is 7.12 Å². The number of benzene rings is 1. The predicted octanol–water partition coefficient (Wildman–Crippen LogP) is 0.407. The van der Waals surface area contributed by atoms with E-state index in [0.717, 1.165) is 5.39 Å². The molecule has 2 rings (SSSR count). The maximum atomic E-state index is 9.04. The molecule has 0 fully saturated rings. The summed E-state index contributed by atoms with van der Waals surface area (Å²) in [7, 11) is -1.46. The first kappa shape index (κ1) is 8.22. The Morgan fingerprint density at radius 3 is 2.69 bits per heavy atom. The van der Waals surface area contributed by atoms with Crippen LogP contribution in [-0.2, 0) is 0 Å². The number of fused-ring (bicyclic) bond motifs is 1. The van der Waals surface area contributed by atoms with Gasteiger partial charge in [-0.25, -0.2) is 0 Å². The molecule has 68 valence electrons. The van der Waals surface area contributed by atoms with Crippen LogP contribution in [0.2, 0.25) is 0 Å². The minimum atomic E-state index is -1.46. The zero-order valence-corrected chi connectivity index (χ0v) is 6.88. The summed E-state index contributed by atoms with van der Waals surface area (Å²) in [5, 5.41) is 19.0. The van der Waals surface area contributed by atoms with E-state index in [1.807, 2.05) is 18.2 Å². The molecule has 4 heteroatoms. The first-order valence-corrected chi connectivity index (χ1v) is 3.99. The maximum Gasteiger partial charge on any atom is 0.490 e. The first-order chi connectivity index (χ1) is 6.29. The molecule has 0 amide bonds. The van der Waals surface area contributed by atoms with Crippen LogP contribution in [0.25, 0.3) is 10.9 Å². The third-order valence-corrected chi connectivity index (χ3v) is 1.94. The lowest BCUT2D eigenvalue weighted by Crippen LogP contribution is -2.30. The van der Waals surface area contributed by atoms with Crippen LogP contribution >= 0.6 is 0 Å². The van der Waals surface area contributed by atoms with Crippen LogP contribution in [0.5, 0.6) is 0 Å². The molecule has 0 atom stereocenters. The monoisotopic (exact) mass is 177 g/mol. The van der Waals surface area contributed by atoms with Crippen LogP contribution in [0.1, 0.15) is 2.85 Å². The summed E-state index contributed by atoms with van der Waals surface area (Å²) in [5.74, 6) is 0. The number of pyridine rings is 1. The molecule has 2 N–H and O–H groups in total. The van der Waals surface area contributed by atoms with E-state index in [4.69, 9.17) is 10.0 Å². The molecule has 0 aliphatic rings. The molecular formula is C9H12BNO2. The Kier molecular flexibility index (Phi) is 2.00.